The summed E-state index contributed by atoms with van der Waals surface area (Å²) in [7, 11) is 1.59. The average molecular weight is 289 g/mol. The molecule has 0 atom stereocenters. The number of methoxy groups -OCH3 is 1. The summed E-state index contributed by atoms with van der Waals surface area (Å²) in [6.45, 7) is 2.27. The fourth-order valence-electron chi connectivity index (χ4n) is 2.26. The number of aryl methyl sites for hydroxylation is 1. The van der Waals surface area contributed by atoms with E-state index in [1.54, 1.807) is 24.1 Å². The van der Waals surface area contributed by atoms with E-state index in [2.05, 4.69) is 9.97 Å². The number of benzene rings is 1. The van der Waals surface area contributed by atoms with Crippen LogP contribution in [0.5, 0.6) is 5.75 Å². The largest absolute Gasteiger partial charge is 0.497 e. The molecular formula is C15H13F2N3O. The van der Waals surface area contributed by atoms with Crippen LogP contribution in [0, 0.1) is 18.6 Å². The van der Waals surface area contributed by atoms with Crippen LogP contribution in [0.25, 0.3) is 11.0 Å². The molecule has 6 heteroatoms. The molecule has 0 N–H and O–H groups in total. The van der Waals surface area contributed by atoms with Crippen LogP contribution in [0.3, 0.4) is 0 Å². The molecule has 0 saturated carbocycles. The first-order valence-corrected chi connectivity index (χ1v) is 6.38. The second-order valence-corrected chi connectivity index (χ2v) is 4.77. The quantitative estimate of drug-likeness (QED) is 0.744. The van der Waals surface area contributed by atoms with Gasteiger partial charge in [0.2, 0.25) is 0 Å². The Morgan fingerprint density at radius 3 is 2.67 bits per heavy atom. The molecule has 2 aromatic heterocycles. The van der Waals surface area contributed by atoms with Gasteiger partial charge in [0.15, 0.2) is 11.6 Å². The minimum Gasteiger partial charge on any atom is -0.497 e. The van der Waals surface area contributed by atoms with E-state index < -0.39 is 11.6 Å². The van der Waals surface area contributed by atoms with Crippen LogP contribution >= 0.6 is 0 Å². The van der Waals surface area contributed by atoms with Crippen LogP contribution in [0.2, 0.25) is 0 Å². The van der Waals surface area contributed by atoms with Crippen LogP contribution in [-0.4, -0.2) is 21.6 Å². The summed E-state index contributed by atoms with van der Waals surface area (Å²) in [5.41, 5.74) is 2.52. The molecule has 0 aliphatic carbocycles. The number of fused-ring (bicyclic) bond motifs is 1. The number of pyridine rings is 1. The predicted octanol–water partition coefficient (Wildman–Crippen LogP) is 3.07. The van der Waals surface area contributed by atoms with Crippen molar-refractivity contribution in [3.63, 3.8) is 0 Å². The Morgan fingerprint density at radius 1 is 1.14 bits per heavy atom. The molecule has 21 heavy (non-hydrogen) atoms. The third-order valence-corrected chi connectivity index (χ3v) is 3.21. The smallest absolute Gasteiger partial charge is 0.161 e. The van der Waals surface area contributed by atoms with Gasteiger partial charge in [-0.05, 0) is 6.92 Å². The van der Waals surface area contributed by atoms with Crippen molar-refractivity contribution >= 4 is 11.0 Å². The molecule has 3 aromatic rings. The van der Waals surface area contributed by atoms with Crippen molar-refractivity contribution in [3.8, 4) is 5.75 Å². The molecule has 3 rings (SSSR count). The Morgan fingerprint density at radius 2 is 1.90 bits per heavy atom. The van der Waals surface area contributed by atoms with Crippen molar-refractivity contribution < 1.29 is 13.5 Å². The van der Waals surface area contributed by atoms with E-state index in [4.69, 9.17) is 4.74 Å². The molecule has 0 spiro atoms. The molecule has 0 amide bonds. The highest BCUT2D eigenvalue weighted by Crippen LogP contribution is 2.20. The first kappa shape index (κ1) is 13.5. The second-order valence-electron chi connectivity index (χ2n) is 4.77. The molecule has 0 aliphatic rings. The maximum Gasteiger partial charge on any atom is 0.161 e. The first-order chi connectivity index (χ1) is 10.1. The maximum atomic E-state index is 13.4. The molecule has 0 bridgehead atoms. The van der Waals surface area contributed by atoms with Crippen LogP contribution in [0.4, 0.5) is 8.78 Å². The summed E-state index contributed by atoms with van der Waals surface area (Å²) in [6.07, 6.45) is 1.54. The van der Waals surface area contributed by atoms with Crippen molar-refractivity contribution in [2.45, 2.75) is 13.5 Å². The van der Waals surface area contributed by atoms with E-state index in [0.717, 1.165) is 23.5 Å². The fourth-order valence-corrected chi connectivity index (χ4v) is 2.26. The summed E-state index contributed by atoms with van der Waals surface area (Å²) < 4.78 is 33.5. The summed E-state index contributed by atoms with van der Waals surface area (Å²) in [5, 5.41) is 0. The SMILES string of the molecule is COc1cc(C)nc(Cn2cnc3cc(F)c(F)cc32)c1. The standard InChI is InChI=1S/C15H13F2N3O/c1-9-3-11(21-2)4-10(19-9)7-20-8-18-14-5-12(16)13(17)6-15(14)20/h3-6,8H,7H2,1-2H3. The zero-order valence-corrected chi connectivity index (χ0v) is 11.6. The summed E-state index contributed by atoms with van der Waals surface area (Å²) in [4.78, 5) is 8.49. The van der Waals surface area contributed by atoms with Gasteiger partial charge in [-0.2, -0.15) is 0 Å². The number of hydrogen-bond acceptors (Lipinski definition) is 3. The third kappa shape index (κ3) is 2.56. The summed E-state index contributed by atoms with van der Waals surface area (Å²) >= 11 is 0. The minimum atomic E-state index is -0.900. The molecule has 0 aliphatic heterocycles. The molecule has 1 aromatic carbocycles. The van der Waals surface area contributed by atoms with Crippen LogP contribution in [0.15, 0.2) is 30.6 Å². The number of ether oxygens (including phenoxy) is 1. The van der Waals surface area contributed by atoms with Gasteiger partial charge in [0.1, 0.15) is 5.75 Å². The van der Waals surface area contributed by atoms with E-state index >= 15 is 0 Å². The molecule has 0 radical (unpaired) electrons. The molecule has 108 valence electrons. The van der Waals surface area contributed by atoms with Crippen molar-refractivity contribution in [1.82, 2.24) is 14.5 Å². The molecular weight excluding hydrogens is 276 g/mol. The minimum absolute atomic E-state index is 0.402. The van der Waals surface area contributed by atoms with Gasteiger partial charge in [-0.15, -0.1) is 0 Å². The lowest BCUT2D eigenvalue weighted by Gasteiger charge is -2.07. The van der Waals surface area contributed by atoms with E-state index in [1.807, 2.05) is 13.0 Å². The highest BCUT2D eigenvalue weighted by molar-refractivity contribution is 5.75. The molecule has 0 unspecified atom stereocenters. The summed E-state index contributed by atoms with van der Waals surface area (Å²) in [6, 6.07) is 5.86. The topological polar surface area (TPSA) is 39.9 Å². The molecule has 0 saturated heterocycles. The lowest BCUT2D eigenvalue weighted by molar-refractivity contribution is 0.413. The maximum absolute atomic E-state index is 13.4. The van der Waals surface area contributed by atoms with Gasteiger partial charge in [-0.25, -0.2) is 13.8 Å². The molecule has 4 nitrogen and oxygen atoms in total. The number of aromatic nitrogens is 3. The van der Waals surface area contributed by atoms with E-state index in [0.29, 0.717) is 23.3 Å². The highest BCUT2D eigenvalue weighted by Gasteiger charge is 2.10. The normalized spacial score (nSPS) is 11.0. The lowest BCUT2D eigenvalue weighted by Crippen LogP contribution is -2.02. The van der Waals surface area contributed by atoms with E-state index in [-0.39, 0.29) is 0 Å². The van der Waals surface area contributed by atoms with Gasteiger partial charge in [0.25, 0.3) is 0 Å². The number of rotatable bonds is 3. The molecule has 0 fully saturated rings. The van der Waals surface area contributed by atoms with Crippen molar-refractivity contribution in [2.24, 2.45) is 0 Å². The van der Waals surface area contributed by atoms with Crippen LogP contribution in [-0.2, 0) is 6.54 Å². The third-order valence-electron chi connectivity index (χ3n) is 3.21. The number of hydrogen-bond donors (Lipinski definition) is 0. The van der Waals surface area contributed by atoms with Crippen LogP contribution in [0.1, 0.15) is 11.4 Å². The Balaban J connectivity index is 2.02. The number of imidazole rings is 1. The number of nitrogens with zero attached hydrogens (tertiary/aromatic N) is 3. The highest BCUT2D eigenvalue weighted by atomic mass is 19.2. The van der Waals surface area contributed by atoms with E-state index in [1.165, 1.54) is 0 Å². The zero-order chi connectivity index (χ0) is 15.0. The van der Waals surface area contributed by atoms with E-state index in [9.17, 15) is 8.78 Å². The Hall–Kier alpha value is -2.50. The average Bonchev–Trinajstić information content (AvgIpc) is 2.81. The Bertz CT molecular complexity index is 814. The second kappa shape index (κ2) is 5.12. The van der Waals surface area contributed by atoms with Crippen LogP contribution < -0.4 is 4.74 Å². The Kier molecular flexibility index (Phi) is 3.29. The van der Waals surface area contributed by atoms with Gasteiger partial charge < -0.3 is 9.30 Å². The van der Waals surface area contributed by atoms with Gasteiger partial charge in [0, 0.05) is 30.0 Å². The summed E-state index contributed by atoms with van der Waals surface area (Å²) in [5.74, 6) is -1.08. The lowest BCUT2D eigenvalue weighted by atomic mass is 10.2. The first-order valence-electron chi connectivity index (χ1n) is 6.38. The van der Waals surface area contributed by atoms with Gasteiger partial charge in [-0.3, -0.25) is 4.98 Å². The van der Waals surface area contributed by atoms with Gasteiger partial charge in [0.05, 0.1) is 36.7 Å². The zero-order valence-electron chi connectivity index (χ0n) is 11.6. The Labute approximate surface area is 120 Å². The fraction of sp³-hybridized carbons (Fsp3) is 0.200. The van der Waals surface area contributed by atoms with Crippen molar-refractivity contribution in [3.05, 3.63) is 53.6 Å². The monoisotopic (exact) mass is 289 g/mol. The molecule has 2 heterocycles. The van der Waals surface area contributed by atoms with Crippen molar-refractivity contribution in [2.75, 3.05) is 7.11 Å². The van der Waals surface area contributed by atoms with Gasteiger partial charge >= 0.3 is 0 Å². The van der Waals surface area contributed by atoms with Gasteiger partial charge in [-0.1, -0.05) is 0 Å². The number of halogens is 2. The van der Waals surface area contributed by atoms with Crippen molar-refractivity contribution in [1.29, 1.82) is 0 Å². The predicted molar refractivity (Wildman–Crippen MR) is 74.3 cm³/mol.